The van der Waals surface area contributed by atoms with E-state index in [1.165, 1.54) is 5.69 Å². The second-order valence-electron chi connectivity index (χ2n) is 4.86. The van der Waals surface area contributed by atoms with Gasteiger partial charge in [0.05, 0.1) is 5.69 Å². The van der Waals surface area contributed by atoms with Crippen LogP contribution in [0.4, 0.5) is 5.82 Å². The van der Waals surface area contributed by atoms with Gasteiger partial charge in [0.25, 0.3) is 0 Å². The molecule has 0 atom stereocenters. The Morgan fingerprint density at radius 1 is 1.29 bits per heavy atom. The summed E-state index contributed by atoms with van der Waals surface area (Å²) in [6, 6.07) is 3.79. The first-order chi connectivity index (χ1) is 10.1. The highest BCUT2D eigenvalue weighted by Crippen LogP contribution is 2.12. The number of hydrogen-bond acceptors (Lipinski definition) is 5. The van der Waals surface area contributed by atoms with Crippen LogP contribution >= 0.6 is 11.6 Å². The molecular formula is C14H20ClN5O. The van der Waals surface area contributed by atoms with Crippen molar-refractivity contribution in [3.63, 3.8) is 0 Å². The normalized spacial score (nSPS) is 10.9. The minimum Gasteiger partial charge on any atom is -0.377 e. The van der Waals surface area contributed by atoms with Crippen LogP contribution < -0.4 is 5.32 Å². The fourth-order valence-corrected chi connectivity index (χ4v) is 2.30. The Morgan fingerprint density at radius 2 is 2.10 bits per heavy atom. The number of nitrogens with one attached hydrogen (secondary N) is 1. The third-order valence-electron chi connectivity index (χ3n) is 2.97. The summed E-state index contributed by atoms with van der Waals surface area (Å²) >= 11 is 5.96. The topological polar surface area (TPSA) is 64.9 Å². The van der Waals surface area contributed by atoms with Crippen LogP contribution in [-0.4, -0.2) is 33.4 Å². The highest BCUT2D eigenvalue weighted by molar-refractivity contribution is 6.29. The van der Waals surface area contributed by atoms with Crippen molar-refractivity contribution in [2.45, 2.75) is 33.4 Å². The third-order valence-corrected chi connectivity index (χ3v) is 3.16. The van der Waals surface area contributed by atoms with Crippen LogP contribution in [0.25, 0.3) is 0 Å². The van der Waals surface area contributed by atoms with Crippen molar-refractivity contribution in [2.75, 3.05) is 19.0 Å². The summed E-state index contributed by atoms with van der Waals surface area (Å²) in [5, 5.41) is 8.10. The smallest absolute Gasteiger partial charge is 0.158 e. The summed E-state index contributed by atoms with van der Waals surface area (Å²) in [5.41, 5.74) is 2.23. The van der Waals surface area contributed by atoms with Gasteiger partial charge in [-0.3, -0.25) is 4.68 Å². The molecule has 0 bridgehead atoms. The summed E-state index contributed by atoms with van der Waals surface area (Å²) in [4.78, 5) is 8.42. The Bertz CT molecular complexity index is 599. The van der Waals surface area contributed by atoms with Crippen molar-refractivity contribution in [3.05, 3.63) is 34.5 Å². The van der Waals surface area contributed by atoms with Gasteiger partial charge in [0, 0.05) is 32.0 Å². The maximum Gasteiger partial charge on any atom is 0.158 e. The molecule has 7 heteroatoms. The van der Waals surface area contributed by atoms with Gasteiger partial charge < -0.3 is 10.1 Å². The van der Waals surface area contributed by atoms with Gasteiger partial charge in [-0.1, -0.05) is 11.6 Å². The number of rotatable bonds is 7. The van der Waals surface area contributed by atoms with Crippen LogP contribution in [0.3, 0.4) is 0 Å². The van der Waals surface area contributed by atoms with E-state index in [9.17, 15) is 0 Å². The van der Waals surface area contributed by atoms with Crippen molar-refractivity contribution in [1.82, 2.24) is 19.7 Å². The largest absolute Gasteiger partial charge is 0.377 e. The number of halogens is 1. The van der Waals surface area contributed by atoms with Crippen molar-refractivity contribution in [1.29, 1.82) is 0 Å². The second kappa shape index (κ2) is 7.38. The molecule has 0 saturated heterocycles. The highest BCUT2D eigenvalue weighted by Gasteiger charge is 2.04. The minimum absolute atomic E-state index is 0.348. The van der Waals surface area contributed by atoms with E-state index in [-0.39, 0.29) is 0 Å². The Labute approximate surface area is 129 Å². The predicted molar refractivity (Wildman–Crippen MR) is 82.6 cm³/mol. The number of methoxy groups -OCH3 is 1. The summed E-state index contributed by atoms with van der Waals surface area (Å²) in [7, 11) is 1.60. The number of aryl methyl sites for hydroxylation is 3. The van der Waals surface area contributed by atoms with E-state index in [2.05, 4.69) is 33.4 Å². The molecule has 0 aromatic carbocycles. The molecule has 0 radical (unpaired) electrons. The van der Waals surface area contributed by atoms with Crippen LogP contribution in [0.5, 0.6) is 0 Å². The third kappa shape index (κ3) is 4.68. The van der Waals surface area contributed by atoms with Gasteiger partial charge >= 0.3 is 0 Å². The molecule has 2 aromatic heterocycles. The Morgan fingerprint density at radius 3 is 2.76 bits per heavy atom. The van der Waals surface area contributed by atoms with Gasteiger partial charge in [-0.25, -0.2) is 9.97 Å². The summed E-state index contributed by atoms with van der Waals surface area (Å²) in [6.07, 6.45) is 0.948. The first kappa shape index (κ1) is 15.7. The fourth-order valence-electron chi connectivity index (χ4n) is 2.10. The lowest BCUT2D eigenvalue weighted by Gasteiger charge is -2.08. The molecular weight excluding hydrogens is 290 g/mol. The molecule has 0 unspecified atom stereocenters. The molecule has 0 saturated carbocycles. The van der Waals surface area contributed by atoms with Crippen LogP contribution in [-0.2, 0) is 17.9 Å². The van der Waals surface area contributed by atoms with E-state index in [1.807, 2.05) is 11.6 Å². The van der Waals surface area contributed by atoms with Gasteiger partial charge in [0.2, 0.25) is 0 Å². The molecule has 2 rings (SSSR count). The van der Waals surface area contributed by atoms with E-state index < -0.39 is 0 Å². The second-order valence-corrected chi connectivity index (χ2v) is 5.24. The van der Waals surface area contributed by atoms with Crippen molar-refractivity contribution in [3.8, 4) is 0 Å². The average Bonchev–Trinajstić information content (AvgIpc) is 2.73. The van der Waals surface area contributed by atoms with E-state index in [0.29, 0.717) is 17.6 Å². The molecule has 0 aliphatic carbocycles. The number of aromatic nitrogens is 4. The molecule has 0 fully saturated rings. The maximum absolute atomic E-state index is 5.96. The Hall–Kier alpha value is -1.66. The van der Waals surface area contributed by atoms with Crippen LogP contribution in [0, 0.1) is 13.8 Å². The van der Waals surface area contributed by atoms with Crippen LogP contribution in [0.1, 0.15) is 23.6 Å². The number of ether oxygens (including phenoxy) is 1. The van der Waals surface area contributed by atoms with E-state index >= 15 is 0 Å². The highest BCUT2D eigenvalue weighted by atomic mass is 35.5. The molecule has 21 heavy (non-hydrogen) atoms. The molecule has 114 valence electrons. The van der Waals surface area contributed by atoms with Crippen LogP contribution in [0.2, 0.25) is 5.15 Å². The van der Waals surface area contributed by atoms with Gasteiger partial charge in [0.15, 0.2) is 5.82 Å². The molecule has 0 spiro atoms. The summed E-state index contributed by atoms with van der Waals surface area (Å²) in [5.74, 6) is 1.29. The quantitative estimate of drug-likeness (QED) is 0.629. The molecule has 2 aromatic rings. The Kier molecular flexibility index (Phi) is 5.52. The molecule has 0 amide bonds. The van der Waals surface area contributed by atoms with Gasteiger partial charge in [-0.2, -0.15) is 5.10 Å². The molecule has 2 heterocycles. The minimum atomic E-state index is 0.348. The lowest BCUT2D eigenvalue weighted by atomic mass is 10.4. The lowest BCUT2D eigenvalue weighted by molar-refractivity contribution is 0.178. The van der Waals surface area contributed by atoms with Gasteiger partial charge in [-0.15, -0.1) is 0 Å². The first-order valence-corrected chi connectivity index (χ1v) is 7.23. The lowest BCUT2D eigenvalue weighted by Crippen LogP contribution is -2.10. The Balaban J connectivity index is 1.84. The molecule has 0 aliphatic heterocycles. The zero-order chi connectivity index (χ0) is 15.2. The van der Waals surface area contributed by atoms with Crippen LogP contribution in [0.15, 0.2) is 12.1 Å². The van der Waals surface area contributed by atoms with Crippen molar-refractivity contribution >= 4 is 17.4 Å². The molecule has 0 aliphatic rings. The first-order valence-electron chi connectivity index (χ1n) is 6.86. The summed E-state index contributed by atoms with van der Waals surface area (Å²) in [6.45, 7) is 6.08. The zero-order valence-electron chi connectivity index (χ0n) is 12.6. The SMILES string of the molecule is COCc1nc(Cl)cc(NCCCn2nc(C)cc2C)n1. The molecule has 6 nitrogen and oxygen atoms in total. The zero-order valence-corrected chi connectivity index (χ0v) is 13.3. The number of nitrogens with zero attached hydrogens (tertiary/aromatic N) is 4. The number of hydrogen-bond donors (Lipinski definition) is 1. The van der Waals surface area contributed by atoms with E-state index in [0.717, 1.165) is 31.0 Å². The monoisotopic (exact) mass is 309 g/mol. The van der Waals surface area contributed by atoms with E-state index in [1.54, 1.807) is 13.2 Å². The standard InChI is InChI=1S/C14H20ClN5O/c1-10-7-11(2)20(19-10)6-4-5-16-13-8-12(15)17-14(18-13)9-21-3/h7-8H,4-6,9H2,1-3H3,(H,16,17,18). The maximum atomic E-state index is 5.96. The van der Waals surface area contributed by atoms with Gasteiger partial charge in [-0.05, 0) is 26.3 Å². The van der Waals surface area contributed by atoms with Crippen molar-refractivity contribution in [2.24, 2.45) is 0 Å². The van der Waals surface area contributed by atoms with Crippen molar-refractivity contribution < 1.29 is 4.74 Å². The van der Waals surface area contributed by atoms with Gasteiger partial charge in [0.1, 0.15) is 17.6 Å². The summed E-state index contributed by atoms with van der Waals surface area (Å²) < 4.78 is 7.03. The molecule has 1 N–H and O–H groups in total. The fraction of sp³-hybridized carbons (Fsp3) is 0.500. The predicted octanol–water partition coefficient (Wildman–Crippen LogP) is 2.59. The average molecular weight is 310 g/mol. The van der Waals surface area contributed by atoms with E-state index in [4.69, 9.17) is 16.3 Å². The number of anilines is 1.